The Balaban J connectivity index is 1.72. The molecule has 1 saturated carbocycles. The Hall–Kier alpha value is -0.410. The van der Waals surface area contributed by atoms with E-state index in [-0.39, 0.29) is 0 Å². The summed E-state index contributed by atoms with van der Waals surface area (Å²) in [6.07, 6.45) is 5.73. The van der Waals surface area contributed by atoms with Crippen LogP contribution >= 0.6 is 11.8 Å². The molecule has 0 bridgehead atoms. The molecule has 14 heavy (non-hydrogen) atoms. The van der Waals surface area contributed by atoms with Gasteiger partial charge in [-0.25, -0.2) is 0 Å². The fraction of sp³-hybridized carbons (Fsp3) is 0.636. The maximum absolute atomic E-state index is 5.31. The van der Waals surface area contributed by atoms with Gasteiger partial charge in [-0.05, 0) is 38.4 Å². The van der Waals surface area contributed by atoms with Gasteiger partial charge in [0.1, 0.15) is 5.76 Å². The van der Waals surface area contributed by atoms with Crippen molar-refractivity contribution in [1.29, 1.82) is 0 Å². The Bertz CT molecular complexity index is 260. The average molecular weight is 211 g/mol. The van der Waals surface area contributed by atoms with Gasteiger partial charge in [0.15, 0.2) is 0 Å². The highest BCUT2D eigenvalue weighted by molar-refractivity contribution is 7.99. The van der Waals surface area contributed by atoms with Gasteiger partial charge in [0.05, 0.1) is 12.0 Å². The molecule has 2 unspecified atom stereocenters. The molecule has 1 aliphatic carbocycles. The number of hydrogen-bond donors (Lipinski definition) is 1. The molecule has 0 spiro atoms. The average Bonchev–Trinajstić information content (AvgIpc) is 2.86. The second kappa shape index (κ2) is 4.89. The minimum absolute atomic E-state index is 0.740. The summed E-state index contributed by atoms with van der Waals surface area (Å²) in [5.41, 5.74) is 0. The maximum Gasteiger partial charge on any atom is 0.113 e. The number of furan rings is 1. The highest BCUT2D eigenvalue weighted by atomic mass is 32.2. The summed E-state index contributed by atoms with van der Waals surface area (Å²) in [6.45, 7) is 0. The van der Waals surface area contributed by atoms with E-state index in [9.17, 15) is 0 Å². The largest absolute Gasteiger partial charge is 0.468 e. The summed E-state index contributed by atoms with van der Waals surface area (Å²) < 4.78 is 5.31. The molecule has 0 radical (unpaired) electrons. The van der Waals surface area contributed by atoms with Crippen LogP contribution in [0.15, 0.2) is 22.8 Å². The van der Waals surface area contributed by atoms with E-state index in [1.54, 1.807) is 6.26 Å². The van der Waals surface area contributed by atoms with Crippen molar-refractivity contribution in [2.24, 2.45) is 0 Å². The van der Waals surface area contributed by atoms with Crippen molar-refractivity contribution in [3.63, 3.8) is 0 Å². The summed E-state index contributed by atoms with van der Waals surface area (Å²) in [6, 6.07) is 4.75. The Kier molecular flexibility index (Phi) is 3.54. The topological polar surface area (TPSA) is 25.2 Å². The molecule has 0 saturated heterocycles. The highest BCUT2D eigenvalue weighted by Gasteiger charge is 2.23. The maximum atomic E-state index is 5.31. The standard InChI is InChI=1S/C11H17NOS/c1-12-9-4-5-11(7-9)14-8-10-3-2-6-13-10/h2-3,6,9,11-12H,4-5,7-8H2,1H3. The number of thioether (sulfide) groups is 1. The lowest BCUT2D eigenvalue weighted by atomic mass is 10.3. The molecule has 1 aromatic rings. The van der Waals surface area contributed by atoms with Gasteiger partial charge >= 0.3 is 0 Å². The Morgan fingerprint density at radius 1 is 1.57 bits per heavy atom. The van der Waals surface area contributed by atoms with Crippen LogP contribution in [-0.4, -0.2) is 18.3 Å². The van der Waals surface area contributed by atoms with Crippen molar-refractivity contribution in [3.05, 3.63) is 24.2 Å². The lowest BCUT2D eigenvalue weighted by molar-refractivity contribution is 0.530. The lowest BCUT2D eigenvalue weighted by Gasteiger charge is -2.09. The second-order valence-electron chi connectivity index (χ2n) is 3.81. The molecule has 3 heteroatoms. The van der Waals surface area contributed by atoms with Gasteiger partial charge in [-0.15, -0.1) is 0 Å². The van der Waals surface area contributed by atoms with E-state index in [1.165, 1.54) is 19.3 Å². The van der Waals surface area contributed by atoms with Gasteiger partial charge in [0.2, 0.25) is 0 Å². The molecule has 0 amide bonds. The van der Waals surface area contributed by atoms with E-state index in [0.717, 1.165) is 22.8 Å². The molecule has 2 atom stereocenters. The van der Waals surface area contributed by atoms with Gasteiger partial charge in [0.25, 0.3) is 0 Å². The number of hydrogen-bond acceptors (Lipinski definition) is 3. The van der Waals surface area contributed by atoms with Gasteiger partial charge in [0, 0.05) is 11.3 Å². The Morgan fingerprint density at radius 3 is 3.14 bits per heavy atom. The quantitative estimate of drug-likeness (QED) is 0.829. The summed E-state index contributed by atoms with van der Waals surface area (Å²) in [5.74, 6) is 2.12. The van der Waals surface area contributed by atoms with Crippen molar-refractivity contribution in [1.82, 2.24) is 5.32 Å². The van der Waals surface area contributed by atoms with E-state index < -0.39 is 0 Å². The molecule has 1 fully saturated rings. The molecule has 2 rings (SSSR count). The first-order valence-corrected chi connectivity index (χ1v) is 6.24. The number of rotatable bonds is 4. The molecular formula is C11H17NOS. The molecule has 78 valence electrons. The molecule has 1 aromatic heterocycles. The molecule has 2 nitrogen and oxygen atoms in total. The van der Waals surface area contributed by atoms with E-state index in [1.807, 2.05) is 17.8 Å². The van der Waals surface area contributed by atoms with Crippen molar-refractivity contribution in [3.8, 4) is 0 Å². The van der Waals surface area contributed by atoms with Crippen LogP contribution in [0.3, 0.4) is 0 Å². The third-order valence-electron chi connectivity index (χ3n) is 2.83. The molecule has 1 N–H and O–H groups in total. The lowest BCUT2D eigenvalue weighted by Crippen LogP contribution is -2.21. The fourth-order valence-corrected chi connectivity index (χ4v) is 3.18. The predicted octanol–water partition coefficient (Wildman–Crippen LogP) is 2.65. The summed E-state index contributed by atoms with van der Waals surface area (Å²) in [5, 5.41) is 4.17. The minimum Gasteiger partial charge on any atom is -0.468 e. The van der Waals surface area contributed by atoms with Crippen molar-refractivity contribution in [2.75, 3.05) is 7.05 Å². The monoisotopic (exact) mass is 211 g/mol. The molecular weight excluding hydrogens is 194 g/mol. The first kappa shape index (κ1) is 10.1. The van der Waals surface area contributed by atoms with E-state index in [4.69, 9.17) is 4.42 Å². The second-order valence-corrected chi connectivity index (χ2v) is 5.10. The fourth-order valence-electron chi connectivity index (χ4n) is 1.95. The van der Waals surface area contributed by atoms with Crippen LogP contribution in [0.4, 0.5) is 0 Å². The first-order chi connectivity index (χ1) is 6.88. The van der Waals surface area contributed by atoms with Crippen molar-refractivity contribution < 1.29 is 4.42 Å². The van der Waals surface area contributed by atoms with E-state index in [0.29, 0.717) is 0 Å². The molecule has 1 aliphatic rings. The van der Waals surface area contributed by atoms with Crippen LogP contribution in [0.1, 0.15) is 25.0 Å². The Morgan fingerprint density at radius 2 is 2.50 bits per heavy atom. The normalized spacial score (nSPS) is 26.9. The van der Waals surface area contributed by atoms with Gasteiger partial charge < -0.3 is 9.73 Å². The van der Waals surface area contributed by atoms with Crippen molar-refractivity contribution >= 4 is 11.8 Å². The van der Waals surface area contributed by atoms with Crippen molar-refractivity contribution in [2.45, 2.75) is 36.3 Å². The van der Waals surface area contributed by atoms with Crippen LogP contribution in [0.2, 0.25) is 0 Å². The minimum atomic E-state index is 0.740. The zero-order chi connectivity index (χ0) is 9.80. The molecule has 0 aliphatic heterocycles. The van der Waals surface area contributed by atoms with Gasteiger partial charge in [-0.2, -0.15) is 11.8 Å². The third kappa shape index (κ3) is 2.55. The van der Waals surface area contributed by atoms with Crippen LogP contribution in [0.25, 0.3) is 0 Å². The third-order valence-corrected chi connectivity index (χ3v) is 4.18. The van der Waals surface area contributed by atoms with Crippen LogP contribution in [-0.2, 0) is 5.75 Å². The highest BCUT2D eigenvalue weighted by Crippen LogP contribution is 2.31. The number of nitrogens with one attached hydrogen (secondary N) is 1. The Labute approximate surface area is 89.4 Å². The SMILES string of the molecule is CNC1CCC(SCc2ccco2)C1. The van der Waals surface area contributed by atoms with Crippen LogP contribution in [0, 0.1) is 0 Å². The zero-order valence-electron chi connectivity index (χ0n) is 8.53. The van der Waals surface area contributed by atoms with Gasteiger partial charge in [-0.3, -0.25) is 0 Å². The van der Waals surface area contributed by atoms with Crippen LogP contribution in [0.5, 0.6) is 0 Å². The zero-order valence-corrected chi connectivity index (χ0v) is 9.35. The van der Waals surface area contributed by atoms with Gasteiger partial charge in [-0.1, -0.05) is 0 Å². The molecule has 1 heterocycles. The summed E-state index contributed by atoms with van der Waals surface area (Å²) >= 11 is 2.03. The summed E-state index contributed by atoms with van der Waals surface area (Å²) in [7, 11) is 2.06. The van der Waals surface area contributed by atoms with Crippen LogP contribution < -0.4 is 5.32 Å². The molecule has 0 aromatic carbocycles. The van der Waals surface area contributed by atoms with E-state index in [2.05, 4.69) is 18.4 Å². The van der Waals surface area contributed by atoms with E-state index >= 15 is 0 Å². The smallest absolute Gasteiger partial charge is 0.113 e. The first-order valence-electron chi connectivity index (χ1n) is 5.19. The predicted molar refractivity (Wildman–Crippen MR) is 60.5 cm³/mol. The summed E-state index contributed by atoms with van der Waals surface area (Å²) in [4.78, 5) is 0.